The molecule has 31 heavy (non-hydrogen) atoms. The zero-order valence-corrected chi connectivity index (χ0v) is 17.4. The van der Waals surface area contributed by atoms with Gasteiger partial charge in [-0.2, -0.15) is 0 Å². The number of aliphatic hydroxyl groups excluding tert-OH is 1. The maximum atomic E-state index is 12.0. The summed E-state index contributed by atoms with van der Waals surface area (Å²) in [4.78, 5) is 23.9. The zero-order valence-electron chi connectivity index (χ0n) is 17.4. The minimum Gasteiger partial charge on any atom is -0.504 e. The van der Waals surface area contributed by atoms with Gasteiger partial charge in [-0.3, -0.25) is 4.79 Å². The van der Waals surface area contributed by atoms with E-state index in [4.69, 9.17) is 18.9 Å². The number of methoxy groups -OCH3 is 2. The molecule has 8 nitrogen and oxygen atoms in total. The highest BCUT2D eigenvalue weighted by Gasteiger charge is 2.15. The molecule has 0 saturated heterocycles. The van der Waals surface area contributed by atoms with Crippen LogP contribution in [0.4, 0.5) is 0 Å². The molecule has 2 aromatic rings. The molecule has 166 valence electrons. The Morgan fingerprint density at radius 1 is 1.06 bits per heavy atom. The van der Waals surface area contributed by atoms with E-state index in [2.05, 4.69) is 0 Å². The molecular weight excluding hydrogens is 404 g/mol. The van der Waals surface area contributed by atoms with Crippen LogP contribution in [0.3, 0.4) is 0 Å². The Balaban J connectivity index is 1.76. The van der Waals surface area contributed by atoms with Gasteiger partial charge >= 0.3 is 11.9 Å². The van der Waals surface area contributed by atoms with Crippen LogP contribution in [0.1, 0.15) is 17.5 Å². The summed E-state index contributed by atoms with van der Waals surface area (Å²) in [7, 11) is 3.01. The van der Waals surface area contributed by atoms with E-state index in [0.717, 1.165) is 11.3 Å². The average molecular weight is 430 g/mol. The van der Waals surface area contributed by atoms with E-state index in [1.54, 1.807) is 31.4 Å². The molecular formula is C23H26O8. The highest BCUT2D eigenvalue weighted by molar-refractivity contribution is 5.87. The van der Waals surface area contributed by atoms with E-state index in [1.165, 1.54) is 25.3 Å². The highest BCUT2D eigenvalue weighted by atomic mass is 16.6. The quantitative estimate of drug-likeness (QED) is 0.413. The second-order valence-electron chi connectivity index (χ2n) is 6.54. The van der Waals surface area contributed by atoms with Crippen LogP contribution >= 0.6 is 0 Å². The lowest BCUT2D eigenvalue weighted by Crippen LogP contribution is -2.28. The minimum absolute atomic E-state index is 0.0556. The van der Waals surface area contributed by atoms with Crippen molar-refractivity contribution in [2.75, 3.05) is 27.4 Å². The molecule has 0 fully saturated rings. The summed E-state index contributed by atoms with van der Waals surface area (Å²) >= 11 is 0. The van der Waals surface area contributed by atoms with Crippen molar-refractivity contribution in [1.29, 1.82) is 0 Å². The molecule has 0 bridgehead atoms. The Morgan fingerprint density at radius 3 is 2.42 bits per heavy atom. The molecule has 0 radical (unpaired) electrons. The molecule has 0 aliphatic carbocycles. The summed E-state index contributed by atoms with van der Waals surface area (Å²) in [6.45, 7) is -0.751. The van der Waals surface area contributed by atoms with E-state index >= 15 is 0 Å². The average Bonchev–Trinajstić information content (AvgIpc) is 2.79. The minimum atomic E-state index is -0.953. The van der Waals surface area contributed by atoms with Crippen molar-refractivity contribution in [2.24, 2.45) is 0 Å². The summed E-state index contributed by atoms with van der Waals surface area (Å²) in [6, 6.07) is 12.0. The van der Waals surface area contributed by atoms with E-state index in [0.29, 0.717) is 17.7 Å². The third-order valence-corrected chi connectivity index (χ3v) is 4.30. The first-order chi connectivity index (χ1) is 14.9. The second kappa shape index (κ2) is 12.2. The molecule has 8 heteroatoms. The highest BCUT2D eigenvalue weighted by Crippen LogP contribution is 2.26. The number of hydrogen-bond donors (Lipinski definition) is 2. The van der Waals surface area contributed by atoms with Crippen LogP contribution in [0.5, 0.6) is 17.2 Å². The lowest BCUT2D eigenvalue weighted by Gasteiger charge is -2.15. The predicted octanol–water partition coefficient (Wildman–Crippen LogP) is 2.50. The summed E-state index contributed by atoms with van der Waals surface area (Å²) in [5.41, 5.74) is 1.51. The fourth-order valence-electron chi connectivity index (χ4n) is 2.61. The molecule has 1 atom stereocenters. The van der Waals surface area contributed by atoms with E-state index in [-0.39, 0.29) is 18.8 Å². The van der Waals surface area contributed by atoms with Crippen molar-refractivity contribution in [3.05, 3.63) is 59.7 Å². The Labute approximate surface area is 180 Å². The molecule has 0 aliphatic rings. The Bertz CT molecular complexity index is 889. The van der Waals surface area contributed by atoms with Gasteiger partial charge in [0.2, 0.25) is 0 Å². The van der Waals surface area contributed by atoms with Gasteiger partial charge in [0.15, 0.2) is 17.6 Å². The molecule has 1 unspecified atom stereocenters. The first-order valence-electron chi connectivity index (χ1n) is 9.60. The first-order valence-corrected chi connectivity index (χ1v) is 9.60. The first kappa shape index (κ1) is 23.8. The van der Waals surface area contributed by atoms with Crippen LogP contribution in [0.2, 0.25) is 0 Å². The van der Waals surface area contributed by atoms with Gasteiger partial charge in [0.05, 0.1) is 20.8 Å². The number of aromatic hydroxyl groups is 1. The molecule has 0 aromatic heterocycles. The zero-order chi connectivity index (χ0) is 22.6. The third kappa shape index (κ3) is 8.02. The smallest absolute Gasteiger partial charge is 0.330 e. The van der Waals surface area contributed by atoms with Crippen LogP contribution in [-0.4, -0.2) is 55.7 Å². The van der Waals surface area contributed by atoms with Crippen molar-refractivity contribution >= 4 is 18.0 Å². The van der Waals surface area contributed by atoms with Crippen molar-refractivity contribution in [3.8, 4) is 17.2 Å². The van der Waals surface area contributed by atoms with Gasteiger partial charge in [-0.05, 0) is 47.9 Å². The van der Waals surface area contributed by atoms with Crippen LogP contribution in [0.25, 0.3) is 6.08 Å². The fraction of sp³-hybridized carbons (Fsp3) is 0.304. The van der Waals surface area contributed by atoms with Gasteiger partial charge in [0.25, 0.3) is 0 Å². The van der Waals surface area contributed by atoms with Crippen molar-refractivity contribution < 1.29 is 38.7 Å². The van der Waals surface area contributed by atoms with E-state index < -0.39 is 24.6 Å². The lowest BCUT2D eigenvalue weighted by atomic mass is 10.1. The molecule has 2 rings (SSSR count). The van der Waals surface area contributed by atoms with Gasteiger partial charge < -0.3 is 29.2 Å². The normalized spacial score (nSPS) is 11.7. The van der Waals surface area contributed by atoms with Gasteiger partial charge in [-0.1, -0.05) is 18.2 Å². The number of phenols is 1. The molecule has 0 amide bonds. The largest absolute Gasteiger partial charge is 0.504 e. The topological polar surface area (TPSA) is 112 Å². The molecule has 2 N–H and O–H groups in total. The van der Waals surface area contributed by atoms with Crippen LogP contribution < -0.4 is 9.47 Å². The molecule has 2 aromatic carbocycles. The Hall–Kier alpha value is -3.52. The summed E-state index contributed by atoms with van der Waals surface area (Å²) in [5.74, 6) is -0.191. The lowest BCUT2D eigenvalue weighted by molar-refractivity contribution is -0.159. The number of carbonyl (C=O) groups is 2. The Morgan fingerprint density at radius 2 is 1.81 bits per heavy atom. The van der Waals surface area contributed by atoms with Gasteiger partial charge in [0.1, 0.15) is 12.4 Å². The maximum Gasteiger partial charge on any atom is 0.330 e. The molecule has 0 heterocycles. The standard InChI is InChI=1S/C23H26O8/c1-28-18-8-3-16(4-9-18)6-12-23(27)31-19(14-24)15-30-22(26)11-7-17-5-10-21(29-2)20(25)13-17/h3-5,7-11,13,19,24-25H,6,12,14-15H2,1-2H3. The third-order valence-electron chi connectivity index (χ3n) is 4.30. The van der Waals surface area contributed by atoms with Crippen molar-refractivity contribution in [1.82, 2.24) is 0 Å². The monoisotopic (exact) mass is 430 g/mol. The summed E-state index contributed by atoms with van der Waals surface area (Å²) < 4.78 is 20.2. The number of phenolic OH excluding ortho intramolecular Hbond substituents is 1. The number of aliphatic hydroxyl groups is 1. The van der Waals surface area contributed by atoms with Gasteiger partial charge in [-0.25, -0.2) is 4.79 Å². The van der Waals surface area contributed by atoms with Crippen molar-refractivity contribution in [3.63, 3.8) is 0 Å². The Kier molecular flexibility index (Phi) is 9.38. The number of carbonyl (C=O) groups excluding carboxylic acids is 2. The second-order valence-corrected chi connectivity index (χ2v) is 6.54. The number of rotatable bonds is 11. The van der Waals surface area contributed by atoms with E-state index in [9.17, 15) is 19.8 Å². The van der Waals surface area contributed by atoms with Crippen LogP contribution in [-0.2, 0) is 25.5 Å². The SMILES string of the molecule is COc1ccc(CCC(=O)OC(CO)COC(=O)C=Cc2ccc(OC)c(O)c2)cc1. The van der Waals surface area contributed by atoms with Gasteiger partial charge in [-0.15, -0.1) is 0 Å². The number of hydrogen-bond acceptors (Lipinski definition) is 8. The van der Waals surface area contributed by atoms with Crippen molar-refractivity contribution in [2.45, 2.75) is 18.9 Å². The van der Waals surface area contributed by atoms with Crippen LogP contribution in [0, 0.1) is 0 Å². The number of ether oxygens (including phenoxy) is 4. The van der Waals surface area contributed by atoms with Crippen LogP contribution in [0.15, 0.2) is 48.5 Å². The summed E-state index contributed by atoms with van der Waals surface area (Å²) in [6.07, 6.45) is 2.26. The number of aryl methyl sites for hydroxylation is 1. The predicted molar refractivity (Wildman–Crippen MR) is 113 cm³/mol. The summed E-state index contributed by atoms with van der Waals surface area (Å²) in [5, 5.41) is 19.1. The van der Waals surface area contributed by atoms with E-state index in [1.807, 2.05) is 12.1 Å². The molecule has 0 spiro atoms. The number of benzene rings is 2. The fourth-order valence-corrected chi connectivity index (χ4v) is 2.61. The number of esters is 2. The maximum absolute atomic E-state index is 12.0. The van der Waals surface area contributed by atoms with Gasteiger partial charge in [0, 0.05) is 12.5 Å². The molecule has 0 saturated carbocycles. The molecule has 0 aliphatic heterocycles.